The van der Waals surface area contributed by atoms with Crippen molar-refractivity contribution in [2.75, 3.05) is 18.0 Å². The molecule has 4 aromatic rings. The third-order valence-electron chi connectivity index (χ3n) is 6.27. The summed E-state index contributed by atoms with van der Waals surface area (Å²) < 4.78 is 1.08. The molecule has 0 spiro atoms. The molecule has 1 fully saturated rings. The average Bonchev–Trinajstić information content (AvgIpc) is 3.22. The predicted molar refractivity (Wildman–Crippen MR) is 130 cm³/mol. The first-order valence-electron chi connectivity index (χ1n) is 11.3. The van der Waals surface area contributed by atoms with E-state index in [-0.39, 0.29) is 17.9 Å². The van der Waals surface area contributed by atoms with Gasteiger partial charge in [0, 0.05) is 36.6 Å². The number of nitrogens with zero attached hydrogens (tertiary/aromatic N) is 4. The zero-order valence-electron chi connectivity index (χ0n) is 18.2. The van der Waals surface area contributed by atoms with Gasteiger partial charge >= 0.3 is 0 Å². The summed E-state index contributed by atoms with van der Waals surface area (Å²) >= 11 is 1.64. The predicted octanol–water partition coefficient (Wildman–Crippen LogP) is 4.59. The Morgan fingerprint density at radius 3 is 2.75 bits per heavy atom. The van der Waals surface area contributed by atoms with Crippen LogP contribution in [0, 0.1) is 5.92 Å². The van der Waals surface area contributed by atoms with E-state index in [1.165, 1.54) is 5.56 Å². The number of benzene rings is 1. The largest absolute Gasteiger partial charge is 0.355 e. The van der Waals surface area contributed by atoms with E-state index in [0.717, 1.165) is 65.0 Å². The Morgan fingerprint density at radius 1 is 1.12 bits per heavy atom. The lowest BCUT2D eigenvalue weighted by atomic mass is 9.95. The van der Waals surface area contributed by atoms with Gasteiger partial charge in [-0.25, -0.2) is 15.0 Å². The van der Waals surface area contributed by atoms with Crippen LogP contribution in [0.5, 0.6) is 0 Å². The minimum absolute atomic E-state index is 0.0619. The molecule has 164 valence electrons. The molecule has 1 atom stereocenters. The first-order chi connectivity index (χ1) is 15.7. The van der Waals surface area contributed by atoms with Crippen LogP contribution in [0.25, 0.3) is 20.4 Å². The molecule has 1 saturated heterocycles. The first kappa shape index (κ1) is 20.8. The summed E-state index contributed by atoms with van der Waals surface area (Å²) in [5, 5.41) is 4.31. The molecule has 1 N–H and O–H groups in total. The molecule has 5 rings (SSSR count). The monoisotopic (exact) mass is 445 g/mol. The maximum absolute atomic E-state index is 12.8. The van der Waals surface area contributed by atoms with E-state index in [4.69, 9.17) is 0 Å². The van der Waals surface area contributed by atoms with E-state index in [1.807, 2.05) is 18.3 Å². The summed E-state index contributed by atoms with van der Waals surface area (Å²) in [5.74, 6) is 1.21. The molecule has 0 saturated carbocycles. The lowest BCUT2D eigenvalue weighted by molar-refractivity contribution is -0.126. The van der Waals surface area contributed by atoms with Crippen LogP contribution < -0.4 is 10.2 Å². The van der Waals surface area contributed by atoms with Gasteiger partial charge in [-0.05, 0) is 50.3 Å². The van der Waals surface area contributed by atoms with E-state index in [0.29, 0.717) is 0 Å². The van der Waals surface area contributed by atoms with Crippen molar-refractivity contribution in [1.82, 2.24) is 20.3 Å². The summed E-state index contributed by atoms with van der Waals surface area (Å²) in [5.41, 5.74) is 2.28. The van der Waals surface area contributed by atoms with Crippen molar-refractivity contribution in [3.8, 4) is 0 Å². The SMILES string of the molecule is C[C@@H](CCc1ccccc1)NC(=O)C1CCN(c2ncnc3c2sc2ncccc23)CC1. The molecular formula is C25H27N5OS. The average molecular weight is 446 g/mol. The molecule has 32 heavy (non-hydrogen) atoms. The van der Waals surface area contributed by atoms with Crippen LogP contribution in [0.4, 0.5) is 5.82 Å². The van der Waals surface area contributed by atoms with E-state index in [1.54, 1.807) is 17.7 Å². The molecule has 3 aromatic heterocycles. The number of pyridine rings is 1. The number of aryl methyl sites for hydroxylation is 1. The summed E-state index contributed by atoms with van der Waals surface area (Å²) in [7, 11) is 0. The number of aromatic nitrogens is 3. The highest BCUT2D eigenvalue weighted by Crippen LogP contribution is 2.37. The van der Waals surface area contributed by atoms with Crippen molar-refractivity contribution in [3.63, 3.8) is 0 Å². The van der Waals surface area contributed by atoms with Crippen LogP contribution in [0.3, 0.4) is 0 Å². The number of fused-ring (bicyclic) bond motifs is 3. The second kappa shape index (κ2) is 9.20. The topological polar surface area (TPSA) is 71.0 Å². The van der Waals surface area contributed by atoms with Crippen LogP contribution in [0.2, 0.25) is 0 Å². The quantitative estimate of drug-likeness (QED) is 0.470. The van der Waals surface area contributed by atoms with Gasteiger partial charge in [-0.2, -0.15) is 0 Å². The van der Waals surface area contributed by atoms with Gasteiger partial charge in [0.05, 0.1) is 10.2 Å². The maximum atomic E-state index is 12.8. The fourth-order valence-electron chi connectivity index (χ4n) is 4.44. The molecule has 1 amide bonds. The fourth-order valence-corrected chi connectivity index (χ4v) is 5.55. The Bertz CT molecular complexity index is 1220. The highest BCUT2D eigenvalue weighted by molar-refractivity contribution is 7.25. The van der Waals surface area contributed by atoms with Gasteiger partial charge < -0.3 is 10.2 Å². The molecule has 4 heterocycles. The van der Waals surface area contributed by atoms with E-state index in [2.05, 4.69) is 62.4 Å². The van der Waals surface area contributed by atoms with E-state index < -0.39 is 0 Å². The number of thiophene rings is 1. The Balaban J connectivity index is 1.19. The molecule has 7 heteroatoms. The van der Waals surface area contributed by atoms with Crippen molar-refractivity contribution in [3.05, 3.63) is 60.6 Å². The Kier molecular flexibility index (Phi) is 5.99. The zero-order valence-corrected chi connectivity index (χ0v) is 19.0. The number of nitrogens with one attached hydrogen (secondary N) is 1. The third kappa shape index (κ3) is 4.30. The standard InChI is InChI=1S/C25H27N5OS/c1-17(9-10-18-6-3-2-4-7-18)29-24(31)19-11-14-30(15-12-19)23-22-21(27-16-28-23)20-8-5-13-26-25(20)32-22/h2-8,13,16-17,19H,9-12,14-15H2,1H3,(H,29,31)/t17-/m0/s1. The van der Waals surface area contributed by atoms with Crippen LogP contribution in [0.1, 0.15) is 31.7 Å². The minimum atomic E-state index is 0.0619. The normalized spacial score (nSPS) is 15.8. The van der Waals surface area contributed by atoms with Gasteiger partial charge in [-0.3, -0.25) is 4.79 Å². The zero-order chi connectivity index (χ0) is 21.9. The summed E-state index contributed by atoms with van der Waals surface area (Å²) in [4.78, 5) is 29.7. The van der Waals surface area contributed by atoms with Crippen LogP contribution >= 0.6 is 11.3 Å². The number of carbonyl (C=O) groups excluding carboxylic acids is 1. The van der Waals surface area contributed by atoms with Gasteiger partial charge in [0.1, 0.15) is 17.0 Å². The molecule has 0 radical (unpaired) electrons. The molecule has 0 aliphatic carbocycles. The summed E-state index contributed by atoms with van der Waals surface area (Å²) in [6.07, 6.45) is 7.07. The van der Waals surface area contributed by atoms with Crippen LogP contribution in [-0.2, 0) is 11.2 Å². The molecule has 0 unspecified atom stereocenters. The van der Waals surface area contributed by atoms with Crippen molar-refractivity contribution in [1.29, 1.82) is 0 Å². The number of anilines is 1. The van der Waals surface area contributed by atoms with Crippen molar-refractivity contribution >= 4 is 43.5 Å². The van der Waals surface area contributed by atoms with Crippen LogP contribution in [-0.4, -0.2) is 40.0 Å². The number of rotatable bonds is 6. The van der Waals surface area contributed by atoms with Gasteiger partial charge in [0.2, 0.25) is 5.91 Å². The molecule has 0 bridgehead atoms. The third-order valence-corrected chi connectivity index (χ3v) is 7.37. The number of hydrogen-bond donors (Lipinski definition) is 1. The summed E-state index contributed by atoms with van der Waals surface area (Å²) in [6.45, 7) is 3.75. The highest BCUT2D eigenvalue weighted by atomic mass is 32.1. The van der Waals surface area contributed by atoms with Gasteiger partial charge in [-0.1, -0.05) is 30.3 Å². The number of hydrogen-bond acceptors (Lipinski definition) is 6. The van der Waals surface area contributed by atoms with Gasteiger partial charge in [0.15, 0.2) is 0 Å². The molecule has 6 nitrogen and oxygen atoms in total. The fraction of sp³-hybridized carbons (Fsp3) is 0.360. The smallest absolute Gasteiger partial charge is 0.223 e. The van der Waals surface area contributed by atoms with E-state index in [9.17, 15) is 4.79 Å². The molecule has 1 aromatic carbocycles. The maximum Gasteiger partial charge on any atom is 0.223 e. The van der Waals surface area contributed by atoms with Gasteiger partial charge in [-0.15, -0.1) is 11.3 Å². The first-order valence-corrected chi connectivity index (χ1v) is 12.1. The Labute approximate surface area is 191 Å². The Morgan fingerprint density at radius 2 is 1.94 bits per heavy atom. The lowest BCUT2D eigenvalue weighted by Crippen LogP contribution is -2.43. The number of amides is 1. The van der Waals surface area contributed by atoms with Gasteiger partial charge in [0.25, 0.3) is 0 Å². The lowest BCUT2D eigenvalue weighted by Gasteiger charge is -2.32. The molecule has 1 aliphatic heterocycles. The molecular weight excluding hydrogens is 418 g/mol. The number of piperidine rings is 1. The van der Waals surface area contributed by atoms with Crippen LogP contribution in [0.15, 0.2) is 55.0 Å². The van der Waals surface area contributed by atoms with Crippen molar-refractivity contribution < 1.29 is 4.79 Å². The minimum Gasteiger partial charge on any atom is -0.355 e. The van der Waals surface area contributed by atoms with E-state index >= 15 is 0 Å². The van der Waals surface area contributed by atoms with Crippen molar-refractivity contribution in [2.45, 2.75) is 38.6 Å². The Hall–Kier alpha value is -3.06. The highest BCUT2D eigenvalue weighted by Gasteiger charge is 2.27. The van der Waals surface area contributed by atoms with Crippen molar-refractivity contribution in [2.24, 2.45) is 5.92 Å². The molecule has 1 aliphatic rings. The second-order valence-electron chi connectivity index (χ2n) is 8.53. The second-order valence-corrected chi connectivity index (χ2v) is 9.53. The summed E-state index contributed by atoms with van der Waals surface area (Å²) in [6, 6.07) is 14.6. The number of carbonyl (C=O) groups is 1.